The Balaban J connectivity index is 2.60. The fraction of sp³-hybridized carbons (Fsp3) is 0.385. The second kappa shape index (κ2) is 8.16. The van der Waals surface area contributed by atoms with Crippen LogP contribution in [0.15, 0.2) is 22.7 Å². The molecule has 20 heavy (non-hydrogen) atoms. The zero-order valence-corrected chi connectivity index (χ0v) is 13.7. The molecule has 0 aliphatic rings. The minimum Gasteiger partial charge on any atom is -0.480 e. The lowest BCUT2D eigenvalue weighted by Crippen LogP contribution is -2.43. The minimum atomic E-state index is -1.03. The van der Waals surface area contributed by atoms with Crippen LogP contribution in [0.25, 0.3) is 0 Å². The minimum absolute atomic E-state index is 0.390. The molecule has 1 atom stereocenters. The first-order valence-corrected chi connectivity index (χ1v) is 8.18. The molecule has 2 amide bonds. The monoisotopic (exact) mass is 360 g/mol. The Morgan fingerprint density at radius 1 is 1.45 bits per heavy atom. The third-order valence-corrected chi connectivity index (χ3v) is 4.14. The zero-order valence-electron chi connectivity index (χ0n) is 11.3. The van der Waals surface area contributed by atoms with Gasteiger partial charge in [-0.05, 0) is 43.0 Å². The summed E-state index contributed by atoms with van der Waals surface area (Å²) in [5, 5.41) is 14.1. The van der Waals surface area contributed by atoms with Crippen molar-refractivity contribution in [2.75, 3.05) is 17.3 Å². The van der Waals surface area contributed by atoms with Gasteiger partial charge in [0.1, 0.15) is 6.04 Å². The van der Waals surface area contributed by atoms with Crippen molar-refractivity contribution < 1.29 is 14.7 Å². The van der Waals surface area contributed by atoms with Crippen LogP contribution >= 0.6 is 27.7 Å². The summed E-state index contributed by atoms with van der Waals surface area (Å²) in [4.78, 5) is 22.8. The molecule has 0 unspecified atom stereocenters. The average Bonchev–Trinajstić information content (AvgIpc) is 2.38. The largest absolute Gasteiger partial charge is 0.480 e. The smallest absolute Gasteiger partial charge is 0.326 e. The SMILES string of the molecule is CSCC[C@H](NC(=O)Nc1ccc(C)c(Br)c1)C(=O)O. The fourth-order valence-electron chi connectivity index (χ4n) is 1.49. The second-order valence-corrected chi connectivity index (χ2v) is 6.07. The molecule has 0 spiro atoms. The first-order valence-electron chi connectivity index (χ1n) is 5.99. The standard InChI is InChI=1S/C13H17BrN2O3S/c1-8-3-4-9(7-10(8)14)15-13(19)16-11(12(17)18)5-6-20-2/h3-4,7,11H,5-6H2,1-2H3,(H,17,18)(H2,15,16,19)/t11-/m0/s1. The maximum absolute atomic E-state index is 11.8. The molecule has 0 aliphatic heterocycles. The van der Waals surface area contributed by atoms with E-state index in [1.54, 1.807) is 23.9 Å². The summed E-state index contributed by atoms with van der Waals surface area (Å²) in [5.74, 6) is -0.355. The lowest BCUT2D eigenvalue weighted by Gasteiger charge is -2.15. The van der Waals surface area contributed by atoms with Gasteiger partial charge in [0.05, 0.1) is 0 Å². The lowest BCUT2D eigenvalue weighted by molar-refractivity contribution is -0.139. The lowest BCUT2D eigenvalue weighted by atomic mass is 10.2. The predicted octanol–water partition coefficient (Wildman–Crippen LogP) is 3.09. The Hall–Kier alpha value is -1.21. The van der Waals surface area contributed by atoms with E-state index in [-0.39, 0.29) is 0 Å². The highest BCUT2D eigenvalue weighted by Crippen LogP contribution is 2.20. The summed E-state index contributed by atoms with van der Waals surface area (Å²) in [6.45, 7) is 1.94. The van der Waals surface area contributed by atoms with E-state index < -0.39 is 18.0 Å². The molecule has 0 bridgehead atoms. The highest BCUT2D eigenvalue weighted by molar-refractivity contribution is 9.10. The number of urea groups is 1. The van der Waals surface area contributed by atoms with E-state index in [9.17, 15) is 9.59 Å². The maximum atomic E-state index is 11.8. The molecule has 0 aliphatic carbocycles. The van der Waals surface area contributed by atoms with E-state index in [1.807, 2.05) is 19.2 Å². The number of carbonyl (C=O) groups is 2. The summed E-state index contributed by atoms with van der Waals surface area (Å²) in [7, 11) is 0. The van der Waals surface area contributed by atoms with Crippen molar-refractivity contribution in [2.24, 2.45) is 0 Å². The maximum Gasteiger partial charge on any atom is 0.326 e. The number of rotatable bonds is 6. The molecule has 0 saturated heterocycles. The van der Waals surface area contributed by atoms with Crippen molar-refractivity contribution in [3.63, 3.8) is 0 Å². The van der Waals surface area contributed by atoms with Crippen LogP contribution in [0.1, 0.15) is 12.0 Å². The summed E-state index contributed by atoms with van der Waals surface area (Å²) in [6.07, 6.45) is 2.28. The van der Waals surface area contributed by atoms with E-state index in [1.165, 1.54) is 0 Å². The Labute approximate surface area is 130 Å². The van der Waals surface area contributed by atoms with Crippen LogP contribution in [-0.4, -0.2) is 35.2 Å². The number of halogens is 1. The van der Waals surface area contributed by atoms with Crippen LogP contribution in [0, 0.1) is 6.92 Å². The molecular formula is C13H17BrN2O3S. The van der Waals surface area contributed by atoms with E-state index in [0.717, 1.165) is 10.0 Å². The van der Waals surface area contributed by atoms with Crippen LogP contribution < -0.4 is 10.6 Å². The van der Waals surface area contributed by atoms with Gasteiger partial charge in [0.15, 0.2) is 0 Å². The number of carboxylic acids is 1. The van der Waals surface area contributed by atoms with Crippen molar-refractivity contribution in [1.82, 2.24) is 5.32 Å². The highest BCUT2D eigenvalue weighted by Gasteiger charge is 2.19. The van der Waals surface area contributed by atoms with E-state index in [4.69, 9.17) is 5.11 Å². The van der Waals surface area contributed by atoms with Gasteiger partial charge in [0.2, 0.25) is 0 Å². The molecule has 110 valence electrons. The fourth-order valence-corrected chi connectivity index (χ4v) is 2.34. The average molecular weight is 361 g/mol. The van der Waals surface area contributed by atoms with Gasteiger partial charge in [-0.1, -0.05) is 22.0 Å². The zero-order chi connectivity index (χ0) is 15.1. The van der Waals surface area contributed by atoms with Crippen molar-refractivity contribution in [1.29, 1.82) is 0 Å². The summed E-state index contributed by atoms with van der Waals surface area (Å²) >= 11 is 4.92. The van der Waals surface area contributed by atoms with Crippen LogP contribution in [0.3, 0.4) is 0 Å². The Morgan fingerprint density at radius 2 is 2.15 bits per heavy atom. The first-order chi connectivity index (χ1) is 9.43. The summed E-state index contributed by atoms with van der Waals surface area (Å²) < 4.78 is 0.882. The molecule has 5 nitrogen and oxygen atoms in total. The van der Waals surface area contributed by atoms with Gasteiger partial charge in [-0.2, -0.15) is 11.8 Å². The van der Waals surface area contributed by atoms with Gasteiger partial charge in [-0.15, -0.1) is 0 Å². The number of carbonyl (C=O) groups excluding carboxylic acids is 1. The molecule has 0 saturated carbocycles. The number of thioether (sulfide) groups is 1. The number of hydrogen-bond donors (Lipinski definition) is 3. The molecule has 0 aromatic heterocycles. The van der Waals surface area contributed by atoms with E-state index in [2.05, 4.69) is 26.6 Å². The number of hydrogen-bond acceptors (Lipinski definition) is 3. The van der Waals surface area contributed by atoms with Crippen LogP contribution in [0.4, 0.5) is 10.5 Å². The molecule has 7 heteroatoms. The first kappa shape index (κ1) is 16.8. The molecule has 1 aromatic rings. The normalized spacial score (nSPS) is 11.8. The Kier molecular flexibility index (Phi) is 6.87. The molecule has 0 radical (unpaired) electrons. The van der Waals surface area contributed by atoms with E-state index >= 15 is 0 Å². The molecule has 3 N–H and O–H groups in total. The number of anilines is 1. The topological polar surface area (TPSA) is 78.4 Å². The number of benzene rings is 1. The number of carboxylic acid groups (broad SMARTS) is 1. The summed E-state index contributed by atoms with van der Waals surface area (Å²) in [6, 6.07) is 4.00. The van der Waals surface area contributed by atoms with Crippen molar-refractivity contribution in [2.45, 2.75) is 19.4 Å². The van der Waals surface area contributed by atoms with Gasteiger partial charge in [-0.3, -0.25) is 0 Å². The molecule has 0 fully saturated rings. The van der Waals surface area contributed by atoms with Crippen molar-refractivity contribution >= 4 is 45.4 Å². The number of aryl methyl sites for hydroxylation is 1. The van der Waals surface area contributed by atoms with Crippen molar-refractivity contribution in [3.8, 4) is 0 Å². The van der Waals surface area contributed by atoms with Crippen molar-refractivity contribution in [3.05, 3.63) is 28.2 Å². The van der Waals surface area contributed by atoms with Crippen LogP contribution in [-0.2, 0) is 4.79 Å². The number of nitrogens with one attached hydrogen (secondary N) is 2. The molecule has 0 heterocycles. The van der Waals surface area contributed by atoms with Gasteiger partial charge in [0.25, 0.3) is 0 Å². The highest BCUT2D eigenvalue weighted by atomic mass is 79.9. The van der Waals surface area contributed by atoms with E-state index in [0.29, 0.717) is 17.9 Å². The van der Waals surface area contributed by atoms with Gasteiger partial charge < -0.3 is 15.7 Å². The Bertz CT molecular complexity index is 497. The predicted molar refractivity (Wildman–Crippen MR) is 85.5 cm³/mol. The van der Waals surface area contributed by atoms with Gasteiger partial charge in [-0.25, -0.2) is 9.59 Å². The molecular weight excluding hydrogens is 344 g/mol. The van der Waals surface area contributed by atoms with Gasteiger partial charge >= 0.3 is 12.0 Å². The van der Waals surface area contributed by atoms with Crippen LogP contribution in [0.2, 0.25) is 0 Å². The van der Waals surface area contributed by atoms with Gasteiger partial charge in [0, 0.05) is 10.2 Å². The quantitative estimate of drug-likeness (QED) is 0.728. The number of aliphatic carboxylic acids is 1. The molecule has 1 rings (SSSR count). The third-order valence-electron chi connectivity index (χ3n) is 2.64. The Morgan fingerprint density at radius 3 is 2.70 bits per heavy atom. The third kappa shape index (κ3) is 5.42. The molecule has 1 aromatic carbocycles. The summed E-state index contributed by atoms with van der Waals surface area (Å²) in [5.41, 5.74) is 1.66. The number of amides is 2. The second-order valence-electron chi connectivity index (χ2n) is 4.23. The van der Waals surface area contributed by atoms with Crippen LogP contribution in [0.5, 0.6) is 0 Å².